The summed E-state index contributed by atoms with van der Waals surface area (Å²) in [6.07, 6.45) is 14.7. The molecule has 1 heterocycles. The summed E-state index contributed by atoms with van der Waals surface area (Å²) >= 11 is 0. The van der Waals surface area contributed by atoms with Gasteiger partial charge in [0.25, 0.3) is 0 Å². The highest BCUT2D eigenvalue weighted by atomic mass is 16.3. The van der Waals surface area contributed by atoms with Crippen molar-refractivity contribution in [3.05, 3.63) is 22.8 Å². The maximum absolute atomic E-state index is 10.4. The maximum atomic E-state index is 10.4. The van der Waals surface area contributed by atoms with E-state index in [1.54, 1.807) is 0 Å². The second-order valence-corrected chi connectivity index (χ2v) is 12.6. The van der Waals surface area contributed by atoms with E-state index in [9.17, 15) is 5.11 Å². The van der Waals surface area contributed by atoms with Crippen LogP contribution in [-0.2, 0) is 6.42 Å². The number of rotatable bonds is 14. The summed E-state index contributed by atoms with van der Waals surface area (Å²) in [5, 5.41) is 10.4. The number of phenols is 1. The predicted octanol–water partition coefficient (Wildman–Crippen LogP) is 9.23. The van der Waals surface area contributed by atoms with Crippen LogP contribution in [-0.4, -0.2) is 17.7 Å². The lowest BCUT2D eigenvalue weighted by atomic mass is 9.86. The summed E-state index contributed by atoms with van der Waals surface area (Å²) in [5.41, 5.74) is 4.93. The van der Waals surface area contributed by atoms with Gasteiger partial charge in [-0.25, -0.2) is 0 Å². The molecule has 2 rings (SSSR count). The van der Waals surface area contributed by atoms with Crippen LogP contribution in [0, 0.1) is 37.5 Å². The molecule has 0 saturated heterocycles. The van der Waals surface area contributed by atoms with Gasteiger partial charge in [-0.3, -0.25) is 0 Å². The maximum Gasteiger partial charge on any atom is 0.121 e. The molecule has 1 unspecified atom stereocenters. The number of fused-ring (bicyclic) bond motifs is 1. The normalized spacial score (nSPS) is 20.8. The summed E-state index contributed by atoms with van der Waals surface area (Å²) in [6.45, 7) is 18.6. The van der Waals surface area contributed by atoms with Gasteiger partial charge in [-0.2, -0.15) is 0 Å². The molecule has 1 aliphatic heterocycles. The van der Waals surface area contributed by atoms with Crippen LogP contribution in [0.4, 0.5) is 5.69 Å². The van der Waals surface area contributed by atoms with Crippen molar-refractivity contribution >= 4 is 5.69 Å². The minimum Gasteiger partial charge on any atom is -0.507 e. The van der Waals surface area contributed by atoms with Crippen molar-refractivity contribution in [3.8, 4) is 5.75 Å². The van der Waals surface area contributed by atoms with E-state index >= 15 is 0 Å². The Labute approximate surface area is 206 Å². The molecule has 0 bridgehead atoms. The monoisotopic (exact) mass is 457 g/mol. The summed E-state index contributed by atoms with van der Waals surface area (Å²) in [7, 11) is 2.25. The van der Waals surface area contributed by atoms with E-state index in [-0.39, 0.29) is 5.54 Å². The Balaban J connectivity index is 1.66. The van der Waals surface area contributed by atoms with Gasteiger partial charge >= 0.3 is 0 Å². The summed E-state index contributed by atoms with van der Waals surface area (Å²) in [5.74, 6) is 3.93. The highest BCUT2D eigenvalue weighted by Gasteiger charge is 2.38. The Bertz CT molecular complexity index is 739. The third-order valence-corrected chi connectivity index (χ3v) is 8.65. The number of hydrogen-bond donors (Lipinski definition) is 1. The molecule has 2 heteroatoms. The van der Waals surface area contributed by atoms with Crippen LogP contribution in [0.15, 0.2) is 6.07 Å². The average molecular weight is 458 g/mol. The zero-order valence-electron chi connectivity index (χ0n) is 23.6. The van der Waals surface area contributed by atoms with Gasteiger partial charge in [0.2, 0.25) is 0 Å². The number of aryl methyl sites for hydroxylation is 1. The van der Waals surface area contributed by atoms with Crippen molar-refractivity contribution in [2.75, 3.05) is 11.9 Å². The van der Waals surface area contributed by atoms with Crippen LogP contribution in [0.1, 0.15) is 122 Å². The molecule has 4 atom stereocenters. The Kier molecular flexibility index (Phi) is 10.6. The predicted molar refractivity (Wildman–Crippen MR) is 147 cm³/mol. The van der Waals surface area contributed by atoms with Gasteiger partial charge in [0.15, 0.2) is 0 Å². The first-order chi connectivity index (χ1) is 15.4. The number of aromatic hydroxyl groups is 1. The number of likely N-dealkylation sites (N-methyl/N-ethyl adjacent to an activating group) is 1. The molecule has 0 aliphatic carbocycles. The molecule has 2 nitrogen and oxygen atoms in total. The summed E-state index contributed by atoms with van der Waals surface area (Å²) in [6, 6.07) is 2.18. The van der Waals surface area contributed by atoms with Crippen molar-refractivity contribution in [1.82, 2.24) is 0 Å². The largest absolute Gasteiger partial charge is 0.507 e. The van der Waals surface area contributed by atoms with Gasteiger partial charge in [-0.1, -0.05) is 86.0 Å². The first-order valence-corrected chi connectivity index (χ1v) is 14.0. The molecule has 1 N–H and O–H groups in total. The fourth-order valence-electron chi connectivity index (χ4n) is 6.23. The van der Waals surface area contributed by atoms with E-state index in [1.165, 1.54) is 75.5 Å². The van der Waals surface area contributed by atoms with Gasteiger partial charge < -0.3 is 10.0 Å². The molecule has 190 valence electrons. The van der Waals surface area contributed by atoms with E-state index < -0.39 is 0 Å². The van der Waals surface area contributed by atoms with E-state index in [2.05, 4.69) is 66.5 Å². The van der Waals surface area contributed by atoms with Gasteiger partial charge in [0, 0.05) is 18.3 Å². The molecule has 0 spiro atoms. The first-order valence-electron chi connectivity index (χ1n) is 14.0. The quantitative estimate of drug-likeness (QED) is 0.301. The van der Waals surface area contributed by atoms with Crippen molar-refractivity contribution in [2.45, 2.75) is 132 Å². The molecular formula is C31H55NO. The van der Waals surface area contributed by atoms with Gasteiger partial charge in [-0.15, -0.1) is 0 Å². The highest BCUT2D eigenvalue weighted by molar-refractivity contribution is 5.68. The number of hydrogen-bond acceptors (Lipinski definition) is 2. The second-order valence-electron chi connectivity index (χ2n) is 12.6. The van der Waals surface area contributed by atoms with Crippen LogP contribution in [0.3, 0.4) is 0 Å². The Morgan fingerprint density at radius 1 is 0.879 bits per heavy atom. The Morgan fingerprint density at radius 3 is 1.94 bits per heavy atom. The lowest BCUT2D eigenvalue weighted by Crippen LogP contribution is -2.41. The molecule has 0 aromatic heterocycles. The third-order valence-electron chi connectivity index (χ3n) is 8.65. The van der Waals surface area contributed by atoms with Gasteiger partial charge in [0.1, 0.15) is 5.75 Å². The average Bonchev–Trinajstić information content (AvgIpc) is 2.97. The van der Waals surface area contributed by atoms with Crippen LogP contribution in [0.25, 0.3) is 0 Å². The van der Waals surface area contributed by atoms with E-state index in [0.29, 0.717) is 5.75 Å². The third kappa shape index (κ3) is 7.93. The Hall–Kier alpha value is -1.18. The zero-order chi connectivity index (χ0) is 24.8. The van der Waals surface area contributed by atoms with Crippen LogP contribution in [0.2, 0.25) is 0 Å². The minimum absolute atomic E-state index is 0.175. The van der Waals surface area contributed by atoms with E-state index in [4.69, 9.17) is 0 Å². The van der Waals surface area contributed by atoms with Crippen LogP contribution < -0.4 is 4.90 Å². The first kappa shape index (κ1) is 28.1. The molecule has 0 amide bonds. The summed E-state index contributed by atoms with van der Waals surface area (Å²) in [4.78, 5) is 2.48. The second kappa shape index (κ2) is 12.5. The topological polar surface area (TPSA) is 23.5 Å². The molecule has 0 fully saturated rings. The standard InChI is InChI=1S/C31H55NO/c1-22(2)19-25(5)16-11-15-23(3)13-10-14-24(4)17-12-18-31(8)21-28-27(7)30(33)26(6)20-29(28)32(31)9/h20,22-25,33H,10-19,21H2,1-9H3/t23-,24+,25-,31?/m0/s1. The number of phenolic OH excluding ortho intramolecular Hbond substituents is 1. The number of benzene rings is 1. The molecular weight excluding hydrogens is 402 g/mol. The molecule has 1 aliphatic rings. The molecule has 33 heavy (non-hydrogen) atoms. The van der Waals surface area contributed by atoms with Gasteiger partial charge in [-0.05, 0) is 86.5 Å². The van der Waals surface area contributed by atoms with E-state index in [0.717, 1.165) is 41.2 Å². The zero-order valence-corrected chi connectivity index (χ0v) is 23.6. The van der Waals surface area contributed by atoms with Crippen molar-refractivity contribution in [3.63, 3.8) is 0 Å². The smallest absolute Gasteiger partial charge is 0.121 e. The molecule has 0 saturated carbocycles. The van der Waals surface area contributed by atoms with Crippen LogP contribution >= 0.6 is 0 Å². The fraction of sp³-hybridized carbons (Fsp3) is 0.806. The number of anilines is 1. The number of nitrogens with zero attached hydrogens (tertiary/aromatic N) is 1. The van der Waals surface area contributed by atoms with E-state index in [1.807, 2.05) is 6.92 Å². The molecule has 0 radical (unpaired) electrons. The molecule has 1 aromatic rings. The fourth-order valence-corrected chi connectivity index (χ4v) is 6.23. The van der Waals surface area contributed by atoms with Gasteiger partial charge in [0.05, 0.1) is 0 Å². The SMILES string of the molecule is Cc1cc2c(c(C)c1O)CC(C)(CCC[C@H](C)CCC[C@H](C)CCC[C@H](C)CC(C)C)N2C. The highest BCUT2D eigenvalue weighted by Crippen LogP contribution is 2.45. The summed E-state index contributed by atoms with van der Waals surface area (Å²) < 4.78 is 0. The lowest BCUT2D eigenvalue weighted by Gasteiger charge is -2.35. The minimum atomic E-state index is 0.175. The lowest BCUT2D eigenvalue weighted by molar-refractivity contribution is 0.352. The van der Waals surface area contributed by atoms with Crippen molar-refractivity contribution in [2.24, 2.45) is 23.7 Å². The molecule has 1 aromatic carbocycles. The van der Waals surface area contributed by atoms with Crippen molar-refractivity contribution in [1.29, 1.82) is 0 Å². The van der Waals surface area contributed by atoms with Crippen molar-refractivity contribution < 1.29 is 5.11 Å². The van der Waals surface area contributed by atoms with Crippen LogP contribution in [0.5, 0.6) is 5.75 Å². The Morgan fingerprint density at radius 2 is 1.39 bits per heavy atom.